The number of aromatic nitrogens is 2. The van der Waals surface area contributed by atoms with Crippen LogP contribution in [-0.2, 0) is 4.74 Å². The molecular weight excluding hydrogens is 194 g/mol. The number of likely N-dealkylation sites (N-methyl/N-ethyl adjacent to an activating group) is 1. The van der Waals surface area contributed by atoms with Crippen molar-refractivity contribution in [2.75, 3.05) is 26.7 Å². The molecule has 0 bridgehead atoms. The first-order valence-electron chi connectivity index (χ1n) is 4.87. The molecule has 1 fully saturated rings. The van der Waals surface area contributed by atoms with Crippen LogP contribution in [0, 0.1) is 0 Å². The summed E-state index contributed by atoms with van der Waals surface area (Å²) in [4.78, 5) is 20.8. The highest BCUT2D eigenvalue weighted by molar-refractivity contribution is 5.73. The molecular formula is C10H13N3O2. The molecule has 0 spiro atoms. The molecule has 0 N–H and O–H groups in total. The van der Waals surface area contributed by atoms with E-state index in [0.717, 1.165) is 19.4 Å². The lowest BCUT2D eigenvalue weighted by Crippen LogP contribution is -2.36. The van der Waals surface area contributed by atoms with Gasteiger partial charge in [0.25, 0.3) is 0 Å². The Balaban J connectivity index is 2.11. The predicted octanol–water partition coefficient (Wildman–Crippen LogP) is 0.292. The summed E-state index contributed by atoms with van der Waals surface area (Å²) in [5, 5.41) is 0. The van der Waals surface area contributed by atoms with Crippen molar-refractivity contribution < 1.29 is 9.53 Å². The molecule has 1 saturated heterocycles. The van der Waals surface area contributed by atoms with Crippen LogP contribution in [0.5, 0.6) is 0 Å². The van der Waals surface area contributed by atoms with Crippen LogP contribution in [0.2, 0.25) is 0 Å². The lowest BCUT2D eigenvalue weighted by atomic mass is 10.2. The molecule has 15 heavy (non-hydrogen) atoms. The van der Waals surface area contributed by atoms with E-state index in [1.165, 1.54) is 12.4 Å². The zero-order valence-electron chi connectivity index (χ0n) is 8.59. The van der Waals surface area contributed by atoms with Crippen LogP contribution < -0.4 is 0 Å². The van der Waals surface area contributed by atoms with E-state index >= 15 is 0 Å². The standard InChI is InChI=1S/C10H13N3O2/c1-13-2-3-15-9(6-13)10-11-4-8(7-14)5-12-10/h4-5,7,9H,2-3,6H2,1H3. The van der Waals surface area contributed by atoms with Crippen LogP contribution in [0.1, 0.15) is 22.3 Å². The number of carbonyl (C=O) groups excluding carboxylic acids is 1. The fraction of sp³-hybridized carbons (Fsp3) is 0.500. The first-order valence-corrected chi connectivity index (χ1v) is 4.87. The molecule has 1 aromatic heterocycles. The molecule has 0 aliphatic carbocycles. The van der Waals surface area contributed by atoms with Crippen molar-refractivity contribution in [3.05, 3.63) is 23.8 Å². The summed E-state index contributed by atoms with van der Waals surface area (Å²) in [5.41, 5.74) is 0.489. The second kappa shape index (κ2) is 4.46. The van der Waals surface area contributed by atoms with Crippen molar-refractivity contribution in [2.45, 2.75) is 6.10 Å². The second-order valence-corrected chi connectivity index (χ2v) is 3.61. The average molecular weight is 207 g/mol. The smallest absolute Gasteiger partial charge is 0.158 e. The van der Waals surface area contributed by atoms with Gasteiger partial charge in [-0.25, -0.2) is 9.97 Å². The fourth-order valence-electron chi connectivity index (χ4n) is 1.51. The number of morpholine rings is 1. The Morgan fingerprint density at radius 1 is 1.53 bits per heavy atom. The SMILES string of the molecule is CN1CCOC(c2ncc(C=O)cn2)C1. The number of nitrogens with zero attached hydrogens (tertiary/aromatic N) is 3. The molecule has 2 rings (SSSR count). The second-order valence-electron chi connectivity index (χ2n) is 3.61. The van der Waals surface area contributed by atoms with Crippen molar-refractivity contribution in [1.82, 2.24) is 14.9 Å². The van der Waals surface area contributed by atoms with Gasteiger partial charge in [-0.15, -0.1) is 0 Å². The monoisotopic (exact) mass is 207 g/mol. The highest BCUT2D eigenvalue weighted by Crippen LogP contribution is 2.17. The van der Waals surface area contributed by atoms with E-state index < -0.39 is 0 Å². The summed E-state index contributed by atoms with van der Waals surface area (Å²) in [6.07, 6.45) is 3.70. The summed E-state index contributed by atoms with van der Waals surface area (Å²) in [5.74, 6) is 0.646. The van der Waals surface area contributed by atoms with Crippen LogP contribution in [0.3, 0.4) is 0 Å². The highest BCUT2D eigenvalue weighted by atomic mass is 16.5. The lowest BCUT2D eigenvalue weighted by molar-refractivity contribution is -0.0255. The van der Waals surface area contributed by atoms with Gasteiger partial charge in [-0.3, -0.25) is 4.79 Å². The Morgan fingerprint density at radius 2 is 2.27 bits per heavy atom. The van der Waals surface area contributed by atoms with E-state index in [1.54, 1.807) is 0 Å². The maximum Gasteiger partial charge on any atom is 0.158 e. The minimum absolute atomic E-state index is 0.0792. The number of ether oxygens (including phenoxy) is 1. The number of carbonyl (C=O) groups is 1. The van der Waals surface area contributed by atoms with Crippen molar-refractivity contribution in [1.29, 1.82) is 0 Å². The molecule has 1 unspecified atom stereocenters. The van der Waals surface area contributed by atoms with E-state index in [4.69, 9.17) is 4.74 Å². The first kappa shape index (κ1) is 10.2. The molecule has 1 aromatic rings. The third-order valence-electron chi connectivity index (χ3n) is 2.39. The first-order chi connectivity index (χ1) is 7.29. The third kappa shape index (κ3) is 2.37. The van der Waals surface area contributed by atoms with Gasteiger partial charge in [-0.05, 0) is 7.05 Å². The third-order valence-corrected chi connectivity index (χ3v) is 2.39. The minimum Gasteiger partial charge on any atom is -0.368 e. The van der Waals surface area contributed by atoms with E-state index in [-0.39, 0.29) is 6.10 Å². The maximum absolute atomic E-state index is 10.4. The Hall–Kier alpha value is -1.33. The molecule has 0 amide bonds. The van der Waals surface area contributed by atoms with Crippen molar-refractivity contribution in [2.24, 2.45) is 0 Å². The van der Waals surface area contributed by atoms with Gasteiger partial charge in [0.05, 0.1) is 12.2 Å². The van der Waals surface area contributed by atoms with Gasteiger partial charge in [-0.2, -0.15) is 0 Å². The Morgan fingerprint density at radius 3 is 2.87 bits per heavy atom. The summed E-state index contributed by atoms with van der Waals surface area (Å²) >= 11 is 0. The van der Waals surface area contributed by atoms with Gasteiger partial charge in [0.2, 0.25) is 0 Å². The minimum atomic E-state index is -0.0792. The zero-order valence-corrected chi connectivity index (χ0v) is 8.59. The summed E-state index contributed by atoms with van der Waals surface area (Å²) in [6, 6.07) is 0. The van der Waals surface area contributed by atoms with Gasteiger partial charge in [0, 0.05) is 25.5 Å². The Kier molecular flexibility index (Phi) is 3.03. The molecule has 5 heteroatoms. The molecule has 5 nitrogen and oxygen atoms in total. The lowest BCUT2D eigenvalue weighted by Gasteiger charge is -2.28. The number of hydrogen-bond donors (Lipinski definition) is 0. The Labute approximate surface area is 88.1 Å². The molecule has 1 aliphatic rings. The normalized spacial score (nSPS) is 22.6. The molecule has 0 aromatic carbocycles. The number of hydrogen-bond acceptors (Lipinski definition) is 5. The van der Waals surface area contributed by atoms with Crippen LogP contribution in [-0.4, -0.2) is 47.9 Å². The highest BCUT2D eigenvalue weighted by Gasteiger charge is 2.21. The van der Waals surface area contributed by atoms with Crippen LogP contribution >= 0.6 is 0 Å². The van der Waals surface area contributed by atoms with Gasteiger partial charge in [-0.1, -0.05) is 0 Å². The van der Waals surface area contributed by atoms with E-state index in [2.05, 4.69) is 14.9 Å². The van der Waals surface area contributed by atoms with Crippen molar-refractivity contribution >= 4 is 6.29 Å². The molecule has 1 aliphatic heterocycles. The van der Waals surface area contributed by atoms with Gasteiger partial charge in [0.1, 0.15) is 6.10 Å². The van der Waals surface area contributed by atoms with E-state index in [9.17, 15) is 4.79 Å². The predicted molar refractivity (Wildman–Crippen MR) is 53.6 cm³/mol. The average Bonchev–Trinajstić information content (AvgIpc) is 2.29. The van der Waals surface area contributed by atoms with Gasteiger partial charge >= 0.3 is 0 Å². The number of rotatable bonds is 2. The van der Waals surface area contributed by atoms with Gasteiger partial charge < -0.3 is 9.64 Å². The van der Waals surface area contributed by atoms with Crippen LogP contribution in [0.4, 0.5) is 0 Å². The van der Waals surface area contributed by atoms with Crippen LogP contribution in [0.25, 0.3) is 0 Å². The van der Waals surface area contributed by atoms with Gasteiger partial charge in [0.15, 0.2) is 12.1 Å². The molecule has 80 valence electrons. The topological polar surface area (TPSA) is 55.3 Å². The summed E-state index contributed by atoms with van der Waals surface area (Å²) < 4.78 is 5.55. The van der Waals surface area contributed by atoms with Crippen molar-refractivity contribution in [3.63, 3.8) is 0 Å². The quantitative estimate of drug-likeness (QED) is 0.652. The zero-order chi connectivity index (χ0) is 10.7. The van der Waals surface area contributed by atoms with E-state index in [0.29, 0.717) is 18.0 Å². The molecule has 0 radical (unpaired) electrons. The van der Waals surface area contributed by atoms with Crippen molar-refractivity contribution in [3.8, 4) is 0 Å². The molecule has 1 atom stereocenters. The van der Waals surface area contributed by atoms with E-state index in [1.807, 2.05) is 7.05 Å². The number of aldehydes is 1. The van der Waals surface area contributed by atoms with Crippen LogP contribution in [0.15, 0.2) is 12.4 Å². The fourth-order valence-corrected chi connectivity index (χ4v) is 1.51. The molecule has 2 heterocycles. The Bertz CT molecular complexity index is 339. The summed E-state index contributed by atoms with van der Waals surface area (Å²) in [6.45, 7) is 2.42. The maximum atomic E-state index is 10.4. The largest absolute Gasteiger partial charge is 0.368 e. The molecule has 0 saturated carbocycles. The summed E-state index contributed by atoms with van der Waals surface area (Å²) in [7, 11) is 2.04.